The van der Waals surface area contributed by atoms with Gasteiger partial charge in [0.15, 0.2) is 0 Å². The van der Waals surface area contributed by atoms with Crippen LogP contribution in [0.4, 0.5) is 10.1 Å². The topological polar surface area (TPSA) is 15.3 Å². The zero-order chi connectivity index (χ0) is 11.4. The van der Waals surface area contributed by atoms with Gasteiger partial charge in [0.25, 0.3) is 0 Å². The van der Waals surface area contributed by atoms with E-state index in [4.69, 9.17) is 0 Å². The maximum Gasteiger partial charge on any atom is 0.123 e. The lowest BCUT2D eigenvalue weighted by atomic mass is 10.1. The molecular weight excluding hydrogens is 203 g/mol. The first-order chi connectivity index (χ1) is 7.74. The van der Waals surface area contributed by atoms with Crippen molar-refractivity contribution in [3.05, 3.63) is 30.1 Å². The molecule has 0 aliphatic carbocycles. The van der Waals surface area contributed by atoms with Crippen LogP contribution in [0.2, 0.25) is 0 Å². The highest BCUT2D eigenvalue weighted by molar-refractivity contribution is 5.43. The van der Waals surface area contributed by atoms with Crippen molar-refractivity contribution in [3.8, 4) is 0 Å². The number of anilines is 1. The summed E-state index contributed by atoms with van der Waals surface area (Å²) in [5.74, 6) is -0.175. The van der Waals surface area contributed by atoms with Crippen LogP contribution in [0.5, 0.6) is 0 Å². The van der Waals surface area contributed by atoms with Gasteiger partial charge in [-0.3, -0.25) is 0 Å². The largest absolute Gasteiger partial charge is 0.382 e. The van der Waals surface area contributed by atoms with E-state index in [9.17, 15) is 4.39 Å². The molecule has 1 unspecified atom stereocenters. The standard InChI is InChI=1S/C13H19FN2/c1-16-9-2-3-12(8-10-16)15-13-6-4-11(14)5-7-13/h4-7,12,15H,2-3,8-10H2,1H3. The molecule has 1 atom stereocenters. The fourth-order valence-corrected chi connectivity index (χ4v) is 2.17. The number of benzene rings is 1. The third-order valence-corrected chi connectivity index (χ3v) is 3.17. The molecular formula is C13H19FN2. The molecule has 0 radical (unpaired) electrons. The molecule has 0 amide bonds. The van der Waals surface area contributed by atoms with Gasteiger partial charge in [-0.2, -0.15) is 0 Å². The van der Waals surface area contributed by atoms with Crippen molar-refractivity contribution in [1.82, 2.24) is 4.90 Å². The summed E-state index contributed by atoms with van der Waals surface area (Å²) in [4.78, 5) is 2.37. The fourth-order valence-electron chi connectivity index (χ4n) is 2.17. The summed E-state index contributed by atoms with van der Waals surface area (Å²) in [6, 6.07) is 7.15. The zero-order valence-electron chi connectivity index (χ0n) is 9.75. The van der Waals surface area contributed by atoms with E-state index in [1.54, 1.807) is 0 Å². The summed E-state index contributed by atoms with van der Waals surface area (Å²) in [6.45, 7) is 2.32. The summed E-state index contributed by atoms with van der Waals surface area (Å²) >= 11 is 0. The van der Waals surface area contributed by atoms with Gasteiger partial charge >= 0.3 is 0 Å². The molecule has 0 spiro atoms. The Kier molecular flexibility index (Phi) is 3.78. The Bertz CT molecular complexity index is 323. The van der Waals surface area contributed by atoms with Crippen LogP contribution in [0, 0.1) is 5.82 Å². The normalized spacial score (nSPS) is 22.8. The zero-order valence-corrected chi connectivity index (χ0v) is 9.75. The summed E-state index contributed by atoms with van der Waals surface area (Å²) in [5.41, 5.74) is 1.02. The Morgan fingerprint density at radius 3 is 2.69 bits per heavy atom. The van der Waals surface area contributed by atoms with Crippen molar-refractivity contribution in [1.29, 1.82) is 0 Å². The van der Waals surface area contributed by atoms with Crippen molar-refractivity contribution >= 4 is 5.69 Å². The van der Waals surface area contributed by atoms with E-state index in [1.165, 1.54) is 31.5 Å². The molecule has 1 N–H and O–H groups in total. The molecule has 0 aromatic heterocycles. The van der Waals surface area contributed by atoms with Crippen LogP contribution in [0.25, 0.3) is 0 Å². The van der Waals surface area contributed by atoms with E-state index < -0.39 is 0 Å². The van der Waals surface area contributed by atoms with Gasteiger partial charge in [-0.25, -0.2) is 4.39 Å². The molecule has 1 fully saturated rings. The van der Waals surface area contributed by atoms with Gasteiger partial charge in [0, 0.05) is 11.7 Å². The second-order valence-corrected chi connectivity index (χ2v) is 4.58. The van der Waals surface area contributed by atoms with E-state index in [2.05, 4.69) is 17.3 Å². The minimum atomic E-state index is -0.175. The molecule has 2 nitrogen and oxygen atoms in total. The van der Waals surface area contributed by atoms with E-state index in [-0.39, 0.29) is 5.82 Å². The molecule has 1 saturated heterocycles. The predicted molar refractivity (Wildman–Crippen MR) is 65.2 cm³/mol. The van der Waals surface area contributed by atoms with Crippen molar-refractivity contribution in [2.45, 2.75) is 25.3 Å². The highest BCUT2D eigenvalue weighted by Gasteiger charge is 2.14. The number of nitrogens with one attached hydrogen (secondary N) is 1. The second-order valence-electron chi connectivity index (χ2n) is 4.58. The number of hydrogen-bond donors (Lipinski definition) is 1. The molecule has 0 bridgehead atoms. The summed E-state index contributed by atoms with van der Waals surface area (Å²) in [6.07, 6.45) is 3.59. The molecule has 88 valence electrons. The van der Waals surface area contributed by atoms with Gasteiger partial charge in [-0.05, 0) is 63.7 Å². The molecule has 1 aliphatic rings. The van der Waals surface area contributed by atoms with Crippen molar-refractivity contribution in [3.63, 3.8) is 0 Å². The maximum atomic E-state index is 12.7. The fraction of sp³-hybridized carbons (Fsp3) is 0.538. The van der Waals surface area contributed by atoms with E-state index in [1.807, 2.05) is 12.1 Å². The number of likely N-dealkylation sites (tertiary alicyclic amines) is 1. The van der Waals surface area contributed by atoms with Gasteiger partial charge in [0.05, 0.1) is 0 Å². The van der Waals surface area contributed by atoms with Crippen molar-refractivity contribution in [2.24, 2.45) is 0 Å². The number of nitrogens with zero attached hydrogens (tertiary/aromatic N) is 1. The van der Waals surface area contributed by atoms with Crippen LogP contribution in [0.15, 0.2) is 24.3 Å². The SMILES string of the molecule is CN1CCCC(Nc2ccc(F)cc2)CC1. The quantitative estimate of drug-likeness (QED) is 0.827. The van der Waals surface area contributed by atoms with Gasteiger partial charge in [-0.15, -0.1) is 0 Å². The molecule has 3 heteroatoms. The average Bonchev–Trinajstić information content (AvgIpc) is 2.47. The Morgan fingerprint density at radius 1 is 1.19 bits per heavy atom. The first-order valence-corrected chi connectivity index (χ1v) is 5.95. The van der Waals surface area contributed by atoms with Crippen molar-refractivity contribution < 1.29 is 4.39 Å². The highest BCUT2D eigenvalue weighted by Crippen LogP contribution is 2.16. The average molecular weight is 222 g/mol. The van der Waals surface area contributed by atoms with E-state index >= 15 is 0 Å². The molecule has 0 saturated carbocycles. The van der Waals surface area contributed by atoms with Crippen LogP contribution in [-0.4, -0.2) is 31.1 Å². The molecule has 1 aromatic carbocycles. The van der Waals surface area contributed by atoms with E-state index in [0.717, 1.165) is 18.7 Å². The Hall–Kier alpha value is -1.09. The lowest BCUT2D eigenvalue weighted by Crippen LogP contribution is -2.22. The summed E-state index contributed by atoms with van der Waals surface area (Å²) in [7, 11) is 2.17. The molecule has 2 rings (SSSR count). The highest BCUT2D eigenvalue weighted by atomic mass is 19.1. The lowest BCUT2D eigenvalue weighted by Gasteiger charge is -2.18. The van der Waals surface area contributed by atoms with Gasteiger partial charge in [0.1, 0.15) is 5.82 Å². The Labute approximate surface area is 96.5 Å². The minimum absolute atomic E-state index is 0.175. The first kappa shape index (κ1) is 11.4. The molecule has 1 aliphatic heterocycles. The van der Waals surface area contributed by atoms with Gasteiger partial charge in [0.2, 0.25) is 0 Å². The minimum Gasteiger partial charge on any atom is -0.382 e. The van der Waals surface area contributed by atoms with Crippen LogP contribution in [0.3, 0.4) is 0 Å². The van der Waals surface area contributed by atoms with Crippen LogP contribution >= 0.6 is 0 Å². The molecule has 16 heavy (non-hydrogen) atoms. The number of halogens is 1. The smallest absolute Gasteiger partial charge is 0.123 e. The van der Waals surface area contributed by atoms with Crippen LogP contribution in [-0.2, 0) is 0 Å². The number of rotatable bonds is 2. The third kappa shape index (κ3) is 3.20. The summed E-state index contributed by atoms with van der Waals surface area (Å²) < 4.78 is 12.7. The monoisotopic (exact) mass is 222 g/mol. The number of hydrogen-bond acceptors (Lipinski definition) is 2. The van der Waals surface area contributed by atoms with E-state index in [0.29, 0.717) is 6.04 Å². The molecule has 1 heterocycles. The predicted octanol–water partition coefficient (Wildman–Crippen LogP) is 2.72. The Morgan fingerprint density at radius 2 is 1.94 bits per heavy atom. The van der Waals surface area contributed by atoms with Crippen LogP contribution < -0.4 is 5.32 Å². The van der Waals surface area contributed by atoms with Crippen molar-refractivity contribution in [2.75, 3.05) is 25.5 Å². The van der Waals surface area contributed by atoms with Crippen LogP contribution in [0.1, 0.15) is 19.3 Å². The molecule has 1 aromatic rings. The Balaban J connectivity index is 1.91. The lowest BCUT2D eigenvalue weighted by molar-refractivity contribution is 0.348. The second kappa shape index (κ2) is 5.30. The summed E-state index contributed by atoms with van der Waals surface area (Å²) in [5, 5.41) is 3.48. The maximum absolute atomic E-state index is 12.7. The van der Waals surface area contributed by atoms with Gasteiger partial charge < -0.3 is 10.2 Å². The first-order valence-electron chi connectivity index (χ1n) is 5.95. The third-order valence-electron chi connectivity index (χ3n) is 3.17. The van der Waals surface area contributed by atoms with Gasteiger partial charge in [-0.1, -0.05) is 0 Å².